The molecule has 1 N–H and O–H groups in total. The second-order valence-electron chi connectivity index (χ2n) is 5.28. The Hall–Kier alpha value is -1.81. The van der Waals surface area contributed by atoms with Crippen molar-refractivity contribution in [1.29, 1.82) is 0 Å². The zero-order valence-electron chi connectivity index (χ0n) is 11.8. The van der Waals surface area contributed by atoms with Crippen LogP contribution in [0.2, 0.25) is 0 Å². The van der Waals surface area contributed by atoms with Gasteiger partial charge in [-0.15, -0.1) is 0 Å². The van der Waals surface area contributed by atoms with E-state index in [1.807, 2.05) is 24.3 Å². The van der Waals surface area contributed by atoms with Crippen LogP contribution in [0.5, 0.6) is 5.75 Å². The number of aliphatic carboxylic acids is 1. The van der Waals surface area contributed by atoms with Crippen LogP contribution in [0, 0.1) is 5.92 Å². The Balaban J connectivity index is 1.75. The van der Waals surface area contributed by atoms with Crippen molar-refractivity contribution in [2.75, 3.05) is 26.2 Å². The summed E-state index contributed by atoms with van der Waals surface area (Å²) < 4.78 is 5.70. The summed E-state index contributed by atoms with van der Waals surface area (Å²) in [6.45, 7) is 6.28. The summed E-state index contributed by atoms with van der Waals surface area (Å²) in [6, 6.07) is 7.45. The molecule has 4 heteroatoms. The van der Waals surface area contributed by atoms with E-state index >= 15 is 0 Å². The van der Waals surface area contributed by atoms with Crippen molar-refractivity contribution in [2.24, 2.45) is 5.92 Å². The lowest BCUT2D eigenvalue weighted by Crippen LogP contribution is -2.25. The Morgan fingerprint density at radius 3 is 2.80 bits per heavy atom. The lowest BCUT2D eigenvalue weighted by atomic mass is 10.2. The van der Waals surface area contributed by atoms with Crippen molar-refractivity contribution in [3.63, 3.8) is 0 Å². The Kier molecular flexibility index (Phi) is 5.18. The van der Waals surface area contributed by atoms with E-state index in [9.17, 15) is 4.79 Å². The van der Waals surface area contributed by atoms with Gasteiger partial charge in [-0.05, 0) is 42.7 Å². The summed E-state index contributed by atoms with van der Waals surface area (Å²) in [5.41, 5.74) is 0.855. The lowest BCUT2D eigenvalue weighted by Gasteiger charge is -2.15. The maximum Gasteiger partial charge on any atom is 0.328 e. The normalized spacial score (nSPS) is 19.6. The monoisotopic (exact) mass is 275 g/mol. The third-order valence-electron chi connectivity index (χ3n) is 3.48. The lowest BCUT2D eigenvalue weighted by molar-refractivity contribution is -0.131. The van der Waals surface area contributed by atoms with E-state index in [2.05, 4.69) is 11.8 Å². The van der Waals surface area contributed by atoms with Crippen LogP contribution in [0.15, 0.2) is 30.3 Å². The van der Waals surface area contributed by atoms with Crippen LogP contribution in [-0.4, -0.2) is 42.2 Å². The molecule has 1 fully saturated rings. The Morgan fingerprint density at radius 2 is 2.20 bits per heavy atom. The fourth-order valence-corrected chi connectivity index (χ4v) is 2.36. The van der Waals surface area contributed by atoms with Gasteiger partial charge in [-0.1, -0.05) is 19.1 Å². The number of hydrogen-bond donors (Lipinski definition) is 1. The van der Waals surface area contributed by atoms with Crippen LogP contribution in [0.1, 0.15) is 18.9 Å². The molecule has 4 nitrogen and oxygen atoms in total. The smallest absolute Gasteiger partial charge is 0.328 e. The van der Waals surface area contributed by atoms with Crippen molar-refractivity contribution < 1.29 is 14.6 Å². The maximum absolute atomic E-state index is 10.4. The summed E-state index contributed by atoms with van der Waals surface area (Å²) in [7, 11) is 0. The molecule has 20 heavy (non-hydrogen) atoms. The predicted octanol–water partition coefficient (Wildman–Crippen LogP) is 2.51. The Morgan fingerprint density at radius 1 is 1.45 bits per heavy atom. The number of ether oxygens (including phenoxy) is 1. The van der Waals surface area contributed by atoms with E-state index < -0.39 is 5.97 Å². The van der Waals surface area contributed by atoms with E-state index in [4.69, 9.17) is 9.84 Å². The Labute approximate surface area is 119 Å². The third-order valence-corrected chi connectivity index (χ3v) is 3.48. The van der Waals surface area contributed by atoms with E-state index in [-0.39, 0.29) is 0 Å². The molecule has 1 atom stereocenters. The SMILES string of the molecule is CC1CCN(CCOc2ccc(C=CC(=O)O)cc2)C1. The minimum atomic E-state index is -0.940. The minimum Gasteiger partial charge on any atom is -0.492 e. The molecule has 1 aliphatic heterocycles. The first-order chi connectivity index (χ1) is 9.63. The second-order valence-corrected chi connectivity index (χ2v) is 5.28. The molecule has 0 aliphatic carbocycles. The maximum atomic E-state index is 10.4. The van der Waals surface area contributed by atoms with Crippen LogP contribution in [0.3, 0.4) is 0 Å². The molecule has 0 radical (unpaired) electrons. The molecule has 1 saturated heterocycles. The standard InChI is InChI=1S/C16H21NO3/c1-13-8-9-17(12-13)10-11-20-15-5-2-14(3-6-15)4-7-16(18)19/h2-7,13H,8-12H2,1H3,(H,18,19). The summed E-state index contributed by atoms with van der Waals surface area (Å²) in [5.74, 6) is 0.685. The molecule has 1 aromatic carbocycles. The van der Waals surface area contributed by atoms with E-state index in [0.29, 0.717) is 6.61 Å². The van der Waals surface area contributed by atoms with E-state index in [1.54, 1.807) is 6.08 Å². The van der Waals surface area contributed by atoms with Crippen molar-refractivity contribution in [3.05, 3.63) is 35.9 Å². The molecular formula is C16H21NO3. The fourth-order valence-electron chi connectivity index (χ4n) is 2.36. The van der Waals surface area contributed by atoms with Gasteiger partial charge in [-0.25, -0.2) is 4.79 Å². The predicted molar refractivity (Wildman–Crippen MR) is 78.8 cm³/mol. The number of benzene rings is 1. The number of likely N-dealkylation sites (tertiary alicyclic amines) is 1. The van der Waals surface area contributed by atoms with Gasteiger partial charge in [-0.2, -0.15) is 0 Å². The highest BCUT2D eigenvalue weighted by atomic mass is 16.5. The van der Waals surface area contributed by atoms with Crippen molar-refractivity contribution in [3.8, 4) is 5.75 Å². The van der Waals surface area contributed by atoms with Crippen molar-refractivity contribution in [1.82, 2.24) is 4.90 Å². The molecule has 0 saturated carbocycles. The molecule has 2 rings (SSSR count). The summed E-state index contributed by atoms with van der Waals surface area (Å²) >= 11 is 0. The third kappa shape index (κ3) is 4.70. The first-order valence-electron chi connectivity index (χ1n) is 7.00. The molecule has 0 amide bonds. The van der Waals surface area contributed by atoms with Crippen LogP contribution >= 0.6 is 0 Å². The van der Waals surface area contributed by atoms with Crippen LogP contribution in [0.25, 0.3) is 6.08 Å². The summed E-state index contributed by atoms with van der Waals surface area (Å²) in [5, 5.41) is 8.55. The van der Waals surface area contributed by atoms with E-state index in [0.717, 1.165) is 29.9 Å². The molecule has 1 aliphatic rings. The first kappa shape index (κ1) is 14.6. The average Bonchev–Trinajstić information content (AvgIpc) is 2.83. The van der Waals surface area contributed by atoms with Gasteiger partial charge >= 0.3 is 5.97 Å². The number of nitrogens with zero attached hydrogens (tertiary/aromatic N) is 1. The molecule has 1 aromatic rings. The van der Waals surface area contributed by atoms with Gasteiger partial charge in [0.1, 0.15) is 12.4 Å². The number of carboxylic acid groups (broad SMARTS) is 1. The highest BCUT2D eigenvalue weighted by Crippen LogP contribution is 2.16. The topological polar surface area (TPSA) is 49.8 Å². The number of rotatable bonds is 6. The largest absolute Gasteiger partial charge is 0.492 e. The van der Waals surface area contributed by atoms with Gasteiger partial charge in [-0.3, -0.25) is 4.90 Å². The molecule has 1 unspecified atom stereocenters. The molecule has 0 spiro atoms. The summed E-state index contributed by atoms with van der Waals surface area (Å²) in [6.07, 6.45) is 3.98. The van der Waals surface area contributed by atoms with Gasteiger partial charge in [0.2, 0.25) is 0 Å². The summed E-state index contributed by atoms with van der Waals surface area (Å²) in [4.78, 5) is 12.8. The van der Waals surface area contributed by atoms with E-state index in [1.165, 1.54) is 19.5 Å². The van der Waals surface area contributed by atoms with Crippen LogP contribution < -0.4 is 4.74 Å². The van der Waals surface area contributed by atoms with Gasteiger partial charge in [0.05, 0.1) is 0 Å². The molecule has 0 bridgehead atoms. The number of carbonyl (C=O) groups is 1. The van der Waals surface area contributed by atoms with Crippen molar-refractivity contribution >= 4 is 12.0 Å². The number of carboxylic acids is 1. The zero-order chi connectivity index (χ0) is 14.4. The molecule has 0 aromatic heterocycles. The average molecular weight is 275 g/mol. The quantitative estimate of drug-likeness (QED) is 0.810. The van der Waals surface area contributed by atoms with Crippen LogP contribution in [-0.2, 0) is 4.79 Å². The highest BCUT2D eigenvalue weighted by molar-refractivity contribution is 5.85. The fraction of sp³-hybridized carbons (Fsp3) is 0.438. The van der Waals surface area contributed by atoms with Crippen molar-refractivity contribution in [2.45, 2.75) is 13.3 Å². The molecule has 1 heterocycles. The molecular weight excluding hydrogens is 254 g/mol. The van der Waals surface area contributed by atoms with Gasteiger partial charge in [0.15, 0.2) is 0 Å². The first-order valence-corrected chi connectivity index (χ1v) is 7.00. The second kappa shape index (κ2) is 7.10. The van der Waals surface area contributed by atoms with Gasteiger partial charge < -0.3 is 9.84 Å². The zero-order valence-corrected chi connectivity index (χ0v) is 11.8. The molecule has 108 valence electrons. The van der Waals surface area contributed by atoms with Crippen LogP contribution in [0.4, 0.5) is 0 Å². The van der Waals surface area contributed by atoms with Gasteiger partial charge in [0.25, 0.3) is 0 Å². The minimum absolute atomic E-state index is 0.691. The number of hydrogen-bond acceptors (Lipinski definition) is 3. The van der Waals surface area contributed by atoms with Gasteiger partial charge in [0, 0.05) is 19.2 Å². The Bertz CT molecular complexity index is 467. The highest BCUT2D eigenvalue weighted by Gasteiger charge is 2.17.